The lowest BCUT2D eigenvalue weighted by atomic mass is 9.98. The Labute approximate surface area is 382 Å². The van der Waals surface area contributed by atoms with E-state index in [9.17, 15) is 35.4 Å². The molecule has 0 radical (unpaired) electrons. The summed E-state index contributed by atoms with van der Waals surface area (Å²) in [6.07, 6.45) is 31.6. The fraction of sp³-hybridized carbons (Fsp3) is 0.980. The van der Waals surface area contributed by atoms with Crippen molar-refractivity contribution in [2.24, 2.45) is 0 Å². The van der Waals surface area contributed by atoms with Crippen LogP contribution < -0.4 is 5.32 Å². The zero-order valence-corrected chi connectivity index (χ0v) is 41.9. The number of amides is 1. The normalized spacial score (nSPS) is 21.0. The predicted octanol–water partition coefficient (Wildman–Crippen LogP) is 11.0. The van der Waals surface area contributed by atoms with Gasteiger partial charge in [0.25, 0.3) is 0 Å². The van der Waals surface area contributed by atoms with E-state index in [2.05, 4.69) is 32.3 Å². The molecule has 0 bridgehead atoms. The first-order valence-electron chi connectivity index (χ1n) is 26.5. The Morgan fingerprint density at radius 3 is 1.37 bits per heavy atom. The van der Waals surface area contributed by atoms with E-state index in [4.69, 9.17) is 9.47 Å². The van der Waals surface area contributed by atoms with Gasteiger partial charge in [-0.05, 0) is 12.8 Å². The summed E-state index contributed by atoms with van der Waals surface area (Å²) in [5, 5.41) is 65.5. The maximum absolute atomic E-state index is 13.1. The molecule has 1 saturated heterocycles. The molecule has 0 aromatic heterocycles. The Kier molecular flexibility index (Phi) is 37.9. The van der Waals surface area contributed by atoms with Gasteiger partial charge in [-0.25, -0.2) is 0 Å². The fourth-order valence-corrected chi connectivity index (χ4v) is 11.7. The molecule has 370 valence electrons. The van der Waals surface area contributed by atoms with Crippen LogP contribution in [0.5, 0.6) is 0 Å². The second-order valence-electron chi connectivity index (χ2n) is 20.1. The molecule has 0 aliphatic carbocycles. The molecule has 0 spiro atoms. The molecule has 1 heterocycles. The molecule has 0 saturated carbocycles. The van der Waals surface area contributed by atoms with Crippen LogP contribution in [0, 0.1) is 0 Å². The van der Waals surface area contributed by atoms with Crippen LogP contribution in [0.1, 0.15) is 232 Å². The van der Waals surface area contributed by atoms with Crippen LogP contribution in [-0.2, 0) is 14.3 Å². The Balaban J connectivity index is 2.35. The van der Waals surface area contributed by atoms with E-state index in [1.54, 1.807) is 0 Å². The lowest BCUT2D eigenvalue weighted by Crippen LogP contribution is -2.60. The minimum atomic E-state index is -1.60. The summed E-state index contributed by atoms with van der Waals surface area (Å²) in [7, 11) is -1.18. The van der Waals surface area contributed by atoms with Gasteiger partial charge in [0, 0.05) is 14.5 Å². The van der Waals surface area contributed by atoms with Crippen molar-refractivity contribution in [3.05, 3.63) is 0 Å². The molecule has 11 heteroatoms. The summed E-state index contributed by atoms with van der Waals surface area (Å²) < 4.78 is 11.2. The number of carbonyl (C=O) groups excluding carboxylic acids is 1. The average molecular weight is 902 g/mol. The van der Waals surface area contributed by atoms with Crippen molar-refractivity contribution in [3.8, 4) is 0 Å². The van der Waals surface area contributed by atoms with Crippen molar-refractivity contribution in [1.29, 1.82) is 0 Å². The molecule has 10 nitrogen and oxygen atoms in total. The van der Waals surface area contributed by atoms with Crippen LogP contribution >= 0.6 is 0 Å². The Morgan fingerprint density at radius 1 is 0.565 bits per heavy atom. The standard InChI is InChI=1S/C51H103NO9Si/c1-5-7-9-11-13-15-17-19-20-21-23-25-27-31-35-39-62(3,4)40-36-32-28-30-34-38-46(55)52-43(42-60-51-50(59)49(58)48(57)45(41-53)61-51)47(56)44(54)37-33-29-26-24-22-18-16-14-12-10-8-6-2/h43-45,47-51,53-54,56-59H,5-42H2,1-4H3,(H,52,55)/t43-,44+,45?,47-,48?,49?,50?,51?/m0/s1. The van der Waals surface area contributed by atoms with Crippen LogP contribution in [0.4, 0.5) is 0 Å². The second kappa shape index (κ2) is 39.5. The van der Waals surface area contributed by atoms with Gasteiger partial charge < -0.3 is 45.4 Å². The Morgan fingerprint density at radius 2 is 0.952 bits per heavy atom. The highest BCUT2D eigenvalue weighted by Gasteiger charge is 2.44. The Hall–Kier alpha value is -0.633. The average Bonchev–Trinajstić information content (AvgIpc) is 3.25. The quantitative estimate of drug-likeness (QED) is 0.0232. The van der Waals surface area contributed by atoms with Crippen LogP contribution in [0.25, 0.3) is 0 Å². The molecule has 1 fully saturated rings. The fourth-order valence-electron chi connectivity index (χ4n) is 9.06. The first-order chi connectivity index (χ1) is 30.0. The van der Waals surface area contributed by atoms with Crippen LogP contribution in [0.3, 0.4) is 0 Å². The number of rotatable bonds is 44. The largest absolute Gasteiger partial charge is 0.394 e. The summed E-state index contributed by atoms with van der Waals surface area (Å²) in [5.41, 5.74) is 0. The lowest BCUT2D eigenvalue weighted by Gasteiger charge is -2.40. The van der Waals surface area contributed by atoms with Crippen molar-refractivity contribution in [1.82, 2.24) is 5.32 Å². The predicted molar refractivity (Wildman–Crippen MR) is 259 cm³/mol. The van der Waals surface area contributed by atoms with Gasteiger partial charge in [0.2, 0.25) is 5.91 Å². The van der Waals surface area contributed by atoms with Gasteiger partial charge >= 0.3 is 0 Å². The molecule has 62 heavy (non-hydrogen) atoms. The number of carbonyl (C=O) groups is 1. The summed E-state index contributed by atoms with van der Waals surface area (Å²) in [6, 6.07) is 1.80. The van der Waals surface area contributed by atoms with Gasteiger partial charge in [0.15, 0.2) is 6.29 Å². The Bertz CT molecular complexity index is 1010. The SMILES string of the molecule is CCCCCCCCCCCCCCCCC[Si](C)(C)CCCCCCCC(=O)N[C@@H](COC1OC(CO)C(O)C(O)C1O)[C@H](O)[C@H](O)CCCCCCCCCCCCCC. The van der Waals surface area contributed by atoms with Gasteiger partial charge in [0.1, 0.15) is 30.5 Å². The number of nitrogens with one attached hydrogen (secondary N) is 1. The number of hydrogen-bond donors (Lipinski definition) is 7. The van der Waals surface area contributed by atoms with Crippen molar-refractivity contribution in [2.75, 3.05) is 13.2 Å². The highest BCUT2D eigenvalue weighted by Crippen LogP contribution is 2.25. The molecule has 8 atom stereocenters. The van der Waals surface area contributed by atoms with Crippen molar-refractivity contribution >= 4 is 14.0 Å². The van der Waals surface area contributed by atoms with E-state index >= 15 is 0 Å². The summed E-state index contributed by atoms with van der Waals surface area (Å²) in [5.74, 6) is -0.249. The van der Waals surface area contributed by atoms with Gasteiger partial charge in [0.05, 0.1) is 25.4 Å². The smallest absolute Gasteiger partial charge is 0.220 e. The second-order valence-corrected chi connectivity index (χ2v) is 25.4. The molecule has 0 aromatic carbocycles. The zero-order chi connectivity index (χ0) is 45.7. The highest BCUT2D eigenvalue weighted by atomic mass is 28.3. The first-order valence-corrected chi connectivity index (χ1v) is 30.0. The molecular formula is C51H103NO9Si. The molecule has 1 aliphatic rings. The molecule has 1 rings (SSSR count). The molecular weight excluding hydrogens is 799 g/mol. The number of hydrogen-bond acceptors (Lipinski definition) is 9. The monoisotopic (exact) mass is 902 g/mol. The first kappa shape index (κ1) is 59.4. The van der Waals surface area contributed by atoms with Crippen LogP contribution in [0.15, 0.2) is 0 Å². The maximum Gasteiger partial charge on any atom is 0.220 e. The van der Waals surface area contributed by atoms with Crippen LogP contribution in [-0.4, -0.2) is 107 Å². The summed E-state index contributed by atoms with van der Waals surface area (Å²) >= 11 is 0. The third kappa shape index (κ3) is 30.5. The van der Waals surface area contributed by atoms with Gasteiger partial charge in [-0.3, -0.25) is 4.79 Å². The van der Waals surface area contributed by atoms with Crippen LogP contribution in [0.2, 0.25) is 25.2 Å². The third-order valence-electron chi connectivity index (χ3n) is 13.5. The summed E-state index contributed by atoms with van der Waals surface area (Å²) in [6.45, 7) is 8.72. The topological polar surface area (TPSA) is 169 Å². The van der Waals surface area contributed by atoms with E-state index in [0.29, 0.717) is 6.42 Å². The molecule has 1 amide bonds. The van der Waals surface area contributed by atoms with Gasteiger partial charge in [-0.2, -0.15) is 0 Å². The lowest BCUT2D eigenvalue weighted by molar-refractivity contribution is -0.303. The molecule has 5 unspecified atom stereocenters. The molecule has 1 aliphatic heterocycles. The number of ether oxygens (including phenoxy) is 2. The van der Waals surface area contributed by atoms with E-state index in [1.165, 1.54) is 179 Å². The maximum atomic E-state index is 13.1. The van der Waals surface area contributed by atoms with Crippen molar-refractivity contribution in [3.63, 3.8) is 0 Å². The van der Waals surface area contributed by atoms with E-state index in [0.717, 1.165) is 38.5 Å². The minimum Gasteiger partial charge on any atom is -0.394 e. The zero-order valence-electron chi connectivity index (χ0n) is 40.9. The number of aliphatic hydroxyl groups is 6. The van der Waals surface area contributed by atoms with E-state index < -0.39 is 63.6 Å². The minimum absolute atomic E-state index is 0.249. The van der Waals surface area contributed by atoms with E-state index in [1.807, 2.05) is 0 Å². The number of aliphatic hydroxyl groups excluding tert-OH is 6. The third-order valence-corrected chi connectivity index (χ3v) is 16.9. The molecule has 0 aromatic rings. The highest BCUT2D eigenvalue weighted by molar-refractivity contribution is 6.77. The van der Waals surface area contributed by atoms with Crippen molar-refractivity contribution < 1.29 is 44.9 Å². The van der Waals surface area contributed by atoms with Gasteiger partial charge in [-0.1, -0.05) is 238 Å². The number of unbranched alkanes of at least 4 members (excludes halogenated alkanes) is 29. The molecule has 7 N–H and O–H groups in total. The van der Waals surface area contributed by atoms with E-state index in [-0.39, 0.29) is 18.9 Å². The summed E-state index contributed by atoms with van der Waals surface area (Å²) in [4.78, 5) is 13.1. The van der Waals surface area contributed by atoms with Gasteiger partial charge in [-0.15, -0.1) is 0 Å². The van der Waals surface area contributed by atoms with Crippen molar-refractivity contribution in [2.45, 2.75) is 306 Å².